The van der Waals surface area contributed by atoms with Crippen molar-refractivity contribution in [2.75, 3.05) is 6.07 Å². The summed E-state index contributed by atoms with van der Waals surface area (Å²) in [6.07, 6.45) is 9.33. The van der Waals surface area contributed by atoms with Gasteiger partial charge in [0, 0.05) is 0 Å². The predicted molar refractivity (Wildman–Crippen MR) is 117 cm³/mol. The van der Waals surface area contributed by atoms with Crippen molar-refractivity contribution in [2.24, 2.45) is 0 Å². The van der Waals surface area contributed by atoms with Crippen LogP contribution < -0.4 is 0 Å². The molecule has 0 aliphatic heterocycles. The highest BCUT2D eigenvalue weighted by molar-refractivity contribution is 6.17. The van der Waals surface area contributed by atoms with Gasteiger partial charge in [-0.3, -0.25) is 0 Å². The highest BCUT2D eigenvalue weighted by Gasteiger charge is 2.22. The van der Waals surface area contributed by atoms with Crippen LogP contribution in [0.4, 0.5) is 0 Å². The fourth-order valence-corrected chi connectivity index (χ4v) is 4.69. The van der Waals surface area contributed by atoms with Gasteiger partial charge in [0.25, 0.3) is 0 Å². The van der Waals surface area contributed by atoms with Crippen LogP contribution in [0.2, 0.25) is 0 Å². The van der Waals surface area contributed by atoms with Crippen molar-refractivity contribution in [3.05, 3.63) is 71.8 Å². The van der Waals surface area contributed by atoms with Gasteiger partial charge in [-0.2, -0.15) is 0 Å². The first-order chi connectivity index (χ1) is 13.8. The van der Waals surface area contributed by atoms with Gasteiger partial charge in [-0.1, -0.05) is 72.3 Å². The molecule has 3 heteroatoms. The third-order valence-electron chi connectivity index (χ3n) is 6.21. The minimum Gasteiger partial charge on any atom is -0.393 e. The maximum atomic E-state index is 9.37. The minimum absolute atomic E-state index is 0.0417. The van der Waals surface area contributed by atoms with Gasteiger partial charge in [0.05, 0.1) is 12.2 Å². The Morgan fingerprint density at radius 1 is 0.679 bits per heavy atom. The standard InChI is InChI=1S/C13H17ClO.C12H16O/c14-10-15-13-8-6-12(7-9-13)11-4-2-1-3-5-11;13-12-8-6-11(7-9-12)10-4-2-1-3-5-10/h1-5,12-13H,6-10H2;1-5,11-13H,6-9H2. The number of alkyl halides is 1. The van der Waals surface area contributed by atoms with Crippen LogP contribution >= 0.6 is 11.6 Å². The van der Waals surface area contributed by atoms with Crippen molar-refractivity contribution >= 4 is 11.6 Å². The zero-order valence-electron chi connectivity index (χ0n) is 16.7. The van der Waals surface area contributed by atoms with Gasteiger partial charge in [-0.25, -0.2) is 0 Å². The fraction of sp³-hybridized carbons (Fsp3) is 0.520. The molecule has 2 aliphatic carbocycles. The Labute approximate surface area is 174 Å². The first-order valence-electron chi connectivity index (χ1n) is 10.7. The minimum atomic E-state index is -0.0417. The summed E-state index contributed by atoms with van der Waals surface area (Å²) >= 11 is 5.57. The Hall–Kier alpha value is -1.35. The molecular weight excluding hydrogens is 368 g/mol. The number of hydrogen-bond donors (Lipinski definition) is 1. The molecule has 2 nitrogen and oxygen atoms in total. The highest BCUT2D eigenvalue weighted by atomic mass is 35.5. The summed E-state index contributed by atoms with van der Waals surface area (Å²) in [6, 6.07) is 21.8. The van der Waals surface area contributed by atoms with E-state index in [-0.39, 0.29) is 6.10 Å². The first-order valence-corrected chi connectivity index (χ1v) is 11.2. The molecular formula is C25H33ClO2. The van der Waals surface area contributed by atoms with E-state index in [4.69, 9.17) is 16.3 Å². The zero-order chi connectivity index (χ0) is 19.6. The van der Waals surface area contributed by atoms with E-state index < -0.39 is 0 Å². The summed E-state index contributed by atoms with van der Waals surface area (Å²) in [5.74, 6) is 1.41. The lowest BCUT2D eigenvalue weighted by molar-refractivity contribution is 0.0531. The number of aliphatic hydroxyl groups is 1. The molecule has 0 bridgehead atoms. The summed E-state index contributed by atoms with van der Waals surface area (Å²) in [5.41, 5.74) is 2.91. The van der Waals surface area contributed by atoms with Crippen LogP contribution in [0.1, 0.15) is 74.3 Å². The summed E-state index contributed by atoms with van der Waals surface area (Å²) < 4.78 is 5.43. The van der Waals surface area contributed by atoms with Gasteiger partial charge in [0.1, 0.15) is 6.07 Å². The van der Waals surface area contributed by atoms with E-state index in [9.17, 15) is 5.11 Å². The summed E-state index contributed by atoms with van der Waals surface area (Å²) in [5, 5.41) is 9.37. The molecule has 28 heavy (non-hydrogen) atoms. The van der Waals surface area contributed by atoms with E-state index in [1.165, 1.54) is 24.0 Å². The van der Waals surface area contributed by atoms with E-state index in [1.54, 1.807) is 0 Å². The lowest BCUT2D eigenvalue weighted by atomic mass is 9.83. The number of rotatable bonds is 4. The molecule has 0 atom stereocenters. The van der Waals surface area contributed by atoms with E-state index in [0.29, 0.717) is 18.1 Å². The van der Waals surface area contributed by atoms with Crippen molar-refractivity contribution in [2.45, 2.75) is 75.4 Å². The molecule has 2 aliphatic rings. The van der Waals surface area contributed by atoms with Crippen molar-refractivity contribution < 1.29 is 9.84 Å². The molecule has 0 unspecified atom stereocenters. The molecule has 0 heterocycles. The van der Waals surface area contributed by atoms with Gasteiger partial charge in [-0.15, -0.1) is 0 Å². The quantitative estimate of drug-likeness (QED) is 0.583. The van der Waals surface area contributed by atoms with Crippen molar-refractivity contribution in [3.63, 3.8) is 0 Å². The van der Waals surface area contributed by atoms with Gasteiger partial charge >= 0.3 is 0 Å². The SMILES string of the molecule is ClCOC1CCC(c2ccccc2)CC1.OC1CCC(c2ccccc2)CC1. The molecule has 0 spiro atoms. The Bertz CT molecular complexity index is 645. The van der Waals surface area contributed by atoms with Crippen LogP contribution in [0.15, 0.2) is 60.7 Å². The average molecular weight is 401 g/mol. The van der Waals surface area contributed by atoms with Gasteiger partial charge in [-0.05, 0) is 74.3 Å². The largest absolute Gasteiger partial charge is 0.393 e. The number of benzene rings is 2. The number of halogens is 1. The van der Waals surface area contributed by atoms with Crippen LogP contribution in [-0.2, 0) is 4.74 Å². The molecule has 2 saturated carbocycles. The maximum Gasteiger partial charge on any atom is 0.121 e. The van der Waals surface area contributed by atoms with Gasteiger partial charge < -0.3 is 9.84 Å². The molecule has 0 aromatic heterocycles. The smallest absolute Gasteiger partial charge is 0.121 e. The van der Waals surface area contributed by atoms with Crippen LogP contribution in [0.5, 0.6) is 0 Å². The van der Waals surface area contributed by atoms with Crippen molar-refractivity contribution in [1.82, 2.24) is 0 Å². The number of ether oxygens (including phenoxy) is 1. The van der Waals surface area contributed by atoms with E-state index in [0.717, 1.165) is 44.4 Å². The molecule has 0 radical (unpaired) electrons. The Kier molecular flexibility index (Phi) is 8.85. The molecule has 2 aromatic carbocycles. The van der Waals surface area contributed by atoms with E-state index in [1.807, 2.05) is 0 Å². The molecule has 152 valence electrons. The lowest BCUT2D eigenvalue weighted by Crippen LogP contribution is -2.20. The van der Waals surface area contributed by atoms with Crippen LogP contribution in [0.25, 0.3) is 0 Å². The Morgan fingerprint density at radius 3 is 1.54 bits per heavy atom. The van der Waals surface area contributed by atoms with Crippen LogP contribution in [0.3, 0.4) is 0 Å². The second-order valence-electron chi connectivity index (χ2n) is 8.08. The third-order valence-corrected chi connectivity index (χ3v) is 6.34. The second kappa shape index (κ2) is 11.6. The lowest BCUT2D eigenvalue weighted by Gasteiger charge is -2.28. The summed E-state index contributed by atoms with van der Waals surface area (Å²) in [4.78, 5) is 0. The third kappa shape index (κ3) is 6.62. The van der Waals surface area contributed by atoms with E-state index in [2.05, 4.69) is 60.7 Å². The molecule has 2 aromatic rings. The highest BCUT2D eigenvalue weighted by Crippen LogP contribution is 2.34. The zero-order valence-corrected chi connectivity index (χ0v) is 17.4. The number of hydrogen-bond acceptors (Lipinski definition) is 2. The molecule has 0 amide bonds. The molecule has 1 N–H and O–H groups in total. The Morgan fingerprint density at radius 2 is 1.11 bits per heavy atom. The van der Waals surface area contributed by atoms with E-state index >= 15 is 0 Å². The molecule has 0 saturated heterocycles. The topological polar surface area (TPSA) is 29.5 Å². The predicted octanol–water partition coefficient (Wildman–Crippen LogP) is 6.63. The van der Waals surface area contributed by atoms with Crippen molar-refractivity contribution in [1.29, 1.82) is 0 Å². The second-order valence-corrected chi connectivity index (χ2v) is 8.29. The summed E-state index contributed by atoms with van der Waals surface area (Å²) in [7, 11) is 0. The summed E-state index contributed by atoms with van der Waals surface area (Å²) in [6.45, 7) is 0. The number of aliphatic hydroxyl groups excluding tert-OH is 1. The first kappa shape index (κ1) is 21.4. The van der Waals surface area contributed by atoms with Crippen LogP contribution in [-0.4, -0.2) is 23.4 Å². The molecule has 2 fully saturated rings. The van der Waals surface area contributed by atoms with Gasteiger partial charge in [0.2, 0.25) is 0 Å². The normalized spacial score (nSPS) is 27.5. The monoisotopic (exact) mass is 400 g/mol. The van der Waals surface area contributed by atoms with Crippen LogP contribution in [0, 0.1) is 0 Å². The Balaban J connectivity index is 0.000000162. The fourth-order valence-electron chi connectivity index (χ4n) is 4.51. The van der Waals surface area contributed by atoms with Crippen molar-refractivity contribution in [3.8, 4) is 0 Å². The van der Waals surface area contributed by atoms with Gasteiger partial charge in [0.15, 0.2) is 0 Å². The maximum absolute atomic E-state index is 9.37. The molecule has 4 rings (SSSR count). The average Bonchev–Trinajstić information content (AvgIpc) is 2.77.